The lowest BCUT2D eigenvalue weighted by atomic mass is 9.84. The third kappa shape index (κ3) is 3.29. The van der Waals surface area contributed by atoms with Gasteiger partial charge in [-0.1, -0.05) is 17.7 Å². The second-order valence-electron chi connectivity index (χ2n) is 7.30. The van der Waals surface area contributed by atoms with Crippen molar-refractivity contribution in [2.24, 2.45) is 5.92 Å². The lowest BCUT2D eigenvalue weighted by molar-refractivity contribution is 0.0620. The summed E-state index contributed by atoms with van der Waals surface area (Å²) in [5.41, 5.74) is 1.86. The maximum Gasteiger partial charge on any atom is 0.255 e. The van der Waals surface area contributed by atoms with Gasteiger partial charge in [-0.25, -0.2) is 0 Å². The fourth-order valence-electron chi connectivity index (χ4n) is 4.00. The van der Waals surface area contributed by atoms with Crippen LogP contribution in [0.3, 0.4) is 0 Å². The molecule has 0 saturated carbocycles. The van der Waals surface area contributed by atoms with Crippen molar-refractivity contribution < 1.29 is 4.79 Å². The van der Waals surface area contributed by atoms with Gasteiger partial charge in [0.25, 0.3) is 11.5 Å². The minimum atomic E-state index is -0.213. The molecule has 1 aromatic heterocycles. The monoisotopic (exact) mass is 371 g/mol. The van der Waals surface area contributed by atoms with E-state index in [-0.39, 0.29) is 17.5 Å². The number of fused-ring (bicyclic) bond motifs is 3. The van der Waals surface area contributed by atoms with Gasteiger partial charge in [-0.15, -0.1) is 0 Å². The average Bonchev–Trinajstić information content (AvgIpc) is 2.63. The Bertz CT molecular complexity index is 900. The van der Waals surface area contributed by atoms with Crippen LogP contribution in [-0.2, 0) is 0 Å². The molecule has 136 valence electrons. The Labute approximate surface area is 157 Å². The standard InChI is InChI=1S/C20H22ClN3O2/c1-13-2-4-18(16(21)10-13)24-11-15(3-5-19(24)25)20(26)22-17-12-23-8-6-14(17)7-9-23/h2-5,10-11,14,17H,6-9,12H2,1H3,(H,22,26). The van der Waals surface area contributed by atoms with Gasteiger partial charge in [0.05, 0.1) is 16.3 Å². The Morgan fingerprint density at radius 3 is 2.62 bits per heavy atom. The molecule has 3 saturated heterocycles. The molecule has 3 fully saturated rings. The molecule has 0 radical (unpaired) electrons. The van der Waals surface area contributed by atoms with E-state index in [1.54, 1.807) is 18.3 Å². The molecule has 3 aliphatic heterocycles. The zero-order valence-electron chi connectivity index (χ0n) is 14.7. The molecule has 1 atom stereocenters. The number of rotatable bonds is 3. The molecule has 6 heteroatoms. The molecule has 3 aliphatic rings. The van der Waals surface area contributed by atoms with Gasteiger partial charge in [-0.2, -0.15) is 0 Å². The van der Waals surface area contributed by atoms with E-state index in [1.807, 2.05) is 19.1 Å². The number of benzene rings is 1. The first-order valence-electron chi connectivity index (χ1n) is 9.04. The van der Waals surface area contributed by atoms with Crippen molar-refractivity contribution in [1.29, 1.82) is 0 Å². The number of aryl methyl sites for hydroxylation is 1. The molecule has 2 bridgehead atoms. The fraction of sp³-hybridized carbons (Fsp3) is 0.400. The summed E-state index contributed by atoms with van der Waals surface area (Å²) in [6.07, 6.45) is 3.86. The number of carbonyl (C=O) groups is 1. The van der Waals surface area contributed by atoms with Crippen LogP contribution in [0.4, 0.5) is 0 Å². The van der Waals surface area contributed by atoms with Gasteiger partial charge in [-0.05, 0) is 62.5 Å². The van der Waals surface area contributed by atoms with Gasteiger partial charge in [-0.3, -0.25) is 14.2 Å². The van der Waals surface area contributed by atoms with Gasteiger partial charge in [0, 0.05) is 24.8 Å². The molecule has 4 heterocycles. The van der Waals surface area contributed by atoms with Crippen LogP contribution in [0.25, 0.3) is 5.69 Å². The van der Waals surface area contributed by atoms with Crippen LogP contribution in [0, 0.1) is 12.8 Å². The third-order valence-corrected chi connectivity index (χ3v) is 5.81. The van der Waals surface area contributed by atoms with E-state index in [1.165, 1.54) is 10.6 Å². The van der Waals surface area contributed by atoms with E-state index in [0.29, 0.717) is 22.2 Å². The first kappa shape index (κ1) is 17.3. The number of hydrogen-bond acceptors (Lipinski definition) is 3. The summed E-state index contributed by atoms with van der Waals surface area (Å²) in [5, 5.41) is 3.65. The first-order valence-corrected chi connectivity index (χ1v) is 9.41. The van der Waals surface area contributed by atoms with Crippen molar-refractivity contribution in [3.05, 3.63) is 63.0 Å². The number of aromatic nitrogens is 1. The van der Waals surface area contributed by atoms with Gasteiger partial charge < -0.3 is 10.2 Å². The number of halogens is 1. The molecule has 0 spiro atoms. The maximum absolute atomic E-state index is 12.7. The lowest BCUT2D eigenvalue weighted by Crippen LogP contribution is -2.57. The Hall–Kier alpha value is -2.11. The first-order chi connectivity index (χ1) is 12.5. The molecule has 26 heavy (non-hydrogen) atoms. The van der Waals surface area contributed by atoms with Gasteiger partial charge >= 0.3 is 0 Å². The second kappa shape index (κ2) is 6.89. The highest BCUT2D eigenvalue weighted by Gasteiger charge is 2.35. The average molecular weight is 372 g/mol. The third-order valence-electron chi connectivity index (χ3n) is 5.51. The van der Waals surface area contributed by atoms with Crippen LogP contribution < -0.4 is 10.9 Å². The minimum absolute atomic E-state index is 0.138. The van der Waals surface area contributed by atoms with Crippen LogP contribution >= 0.6 is 11.6 Å². The fourth-order valence-corrected chi connectivity index (χ4v) is 4.32. The second-order valence-corrected chi connectivity index (χ2v) is 7.71. The normalized spacial score (nSPS) is 24.5. The summed E-state index contributed by atoms with van der Waals surface area (Å²) in [5.74, 6) is 0.419. The molecule has 5 nitrogen and oxygen atoms in total. The van der Waals surface area contributed by atoms with E-state index >= 15 is 0 Å². The van der Waals surface area contributed by atoms with E-state index in [9.17, 15) is 9.59 Å². The van der Waals surface area contributed by atoms with E-state index in [0.717, 1.165) is 38.0 Å². The van der Waals surface area contributed by atoms with Gasteiger partial charge in [0.15, 0.2) is 0 Å². The molecular formula is C20H22ClN3O2. The molecular weight excluding hydrogens is 350 g/mol. The number of piperidine rings is 3. The number of pyridine rings is 1. The number of nitrogens with zero attached hydrogens (tertiary/aromatic N) is 2. The predicted octanol–water partition coefficient (Wildman–Crippen LogP) is 2.62. The van der Waals surface area contributed by atoms with Crippen LogP contribution in [-0.4, -0.2) is 41.1 Å². The molecule has 5 rings (SSSR count). The van der Waals surface area contributed by atoms with Gasteiger partial charge in [0.1, 0.15) is 0 Å². The van der Waals surface area contributed by atoms with Gasteiger partial charge in [0.2, 0.25) is 0 Å². The van der Waals surface area contributed by atoms with E-state index in [2.05, 4.69) is 10.2 Å². The van der Waals surface area contributed by atoms with Crippen molar-refractivity contribution in [3.63, 3.8) is 0 Å². The van der Waals surface area contributed by atoms with Crippen molar-refractivity contribution in [1.82, 2.24) is 14.8 Å². The van der Waals surface area contributed by atoms with Crippen molar-refractivity contribution >= 4 is 17.5 Å². The topological polar surface area (TPSA) is 54.3 Å². The minimum Gasteiger partial charge on any atom is -0.348 e. The maximum atomic E-state index is 12.7. The number of nitrogens with one attached hydrogen (secondary N) is 1. The van der Waals surface area contributed by atoms with Crippen LogP contribution in [0.1, 0.15) is 28.8 Å². The number of hydrogen-bond donors (Lipinski definition) is 1. The Morgan fingerprint density at radius 2 is 1.96 bits per heavy atom. The van der Waals surface area contributed by atoms with E-state index < -0.39 is 0 Å². The predicted molar refractivity (Wildman–Crippen MR) is 102 cm³/mol. The number of carbonyl (C=O) groups excluding carboxylic acids is 1. The summed E-state index contributed by atoms with van der Waals surface area (Å²) in [6, 6.07) is 8.69. The number of amides is 1. The molecule has 1 aromatic carbocycles. The molecule has 0 aliphatic carbocycles. The van der Waals surface area contributed by atoms with Crippen molar-refractivity contribution in [3.8, 4) is 5.69 Å². The summed E-state index contributed by atoms with van der Waals surface area (Å²) in [6.45, 7) is 5.12. The van der Waals surface area contributed by atoms with Crippen LogP contribution in [0.15, 0.2) is 41.3 Å². The Morgan fingerprint density at radius 1 is 1.19 bits per heavy atom. The summed E-state index contributed by atoms with van der Waals surface area (Å²) < 4.78 is 1.44. The molecule has 2 aromatic rings. The quantitative estimate of drug-likeness (QED) is 0.902. The van der Waals surface area contributed by atoms with Crippen LogP contribution in [0.2, 0.25) is 5.02 Å². The summed E-state index contributed by atoms with van der Waals surface area (Å²) in [4.78, 5) is 27.4. The highest BCUT2D eigenvalue weighted by molar-refractivity contribution is 6.32. The van der Waals surface area contributed by atoms with Crippen LogP contribution in [0.5, 0.6) is 0 Å². The molecule has 1 amide bonds. The highest BCUT2D eigenvalue weighted by atomic mass is 35.5. The molecule has 1 unspecified atom stereocenters. The largest absolute Gasteiger partial charge is 0.348 e. The molecule has 1 N–H and O–H groups in total. The zero-order valence-corrected chi connectivity index (χ0v) is 15.5. The van der Waals surface area contributed by atoms with Crippen molar-refractivity contribution in [2.45, 2.75) is 25.8 Å². The smallest absolute Gasteiger partial charge is 0.255 e. The summed E-state index contributed by atoms with van der Waals surface area (Å²) in [7, 11) is 0. The summed E-state index contributed by atoms with van der Waals surface area (Å²) >= 11 is 6.30. The van der Waals surface area contributed by atoms with Crippen molar-refractivity contribution in [2.75, 3.05) is 19.6 Å². The highest BCUT2D eigenvalue weighted by Crippen LogP contribution is 2.27. The SMILES string of the molecule is Cc1ccc(-n2cc(C(=O)NC3CN4CCC3CC4)ccc2=O)c(Cl)c1. The lowest BCUT2D eigenvalue weighted by Gasteiger charge is -2.44. The van der Waals surface area contributed by atoms with E-state index in [4.69, 9.17) is 11.6 Å². The zero-order chi connectivity index (χ0) is 18.3. The Balaban J connectivity index is 1.59. The Kier molecular flexibility index (Phi) is 4.59.